The zero-order valence-electron chi connectivity index (χ0n) is 14.5. The molecule has 1 aromatic heterocycles. The van der Waals surface area contributed by atoms with Crippen LogP contribution in [0.4, 0.5) is 0 Å². The van der Waals surface area contributed by atoms with Crippen LogP contribution in [0.2, 0.25) is 0 Å². The predicted octanol–water partition coefficient (Wildman–Crippen LogP) is 3.00. The Balaban J connectivity index is 2.11. The Kier molecular flexibility index (Phi) is 6.31. The van der Waals surface area contributed by atoms with Crippen LogP contribution in [-0.4, -0.2) is 37.0 Å². The number of fused-ring (bicyclic) bond motifs is 1. The van der Waals surface area contributed by atoms with Crippen molar-refractivity contribution in [1.82, 2.24) is 5.32 Å². The van der Waals surface area contributed by atoms with Crippen LogP contribution in [0.1, 0.15) is 23.1 Å². The first-order chi connectivity index (χ1) is 11.5. The van der Waals surface area contributed by atoms with Crippen LogP contribution in [-0.2, 0) is 20.7 Å². The number of esters is 1. The van der Waals surface area contributed by atoms with Gasteiger partial charge >= 0.3 is 5.97 Å². The molecule has 6 heteroatoms. The summed E-state index contributed by atoms with van der Waals surface area (Å²) in [6.07, 6.45) is 4.28. The Labute approximate surface area is 146 Å². The average molecular weight is 349 g/mol. The van der Waals surface area contributed by atoms with Crippen LogP contribution < -0.4 is 5.32 Å². The lowest BCUT2D eigenvalue weighted by Gasteiger charge is -2.15. The van der Waals surface area contributed by atoms with Gasteiger partial charge < -0.3 is 14.5 Å². The first kappa shape index (κ1) is 18.4. The smallest absolute Gasteiger partial charge is 0.328 e. The molecule has 5 nitrogen and oxygen atoms in total. The van der Waals surface area contributed by atoms with Crippen molar-refractivity contribution in [2.45, 2.75) is 32.7 Å². The van der Waals surface area contributed by atoms with Crippen LogP contribution in [0.15, 0.2) is 22.8 Å². The van der Waals surface area contributed by atoms with Crippen molar-refractivity contribution in [2.24, 2.45) is 0 Å². The summed E-state index contributed by atoms with van der Waals surface area (Å²) < 4.78 is 10.3. The third-order valence-corrected chi connectivity index (χ3v) is 4.70. The summed E-state index contributed by atoms with van der Waals surface area (Å²) in [5.74, 6) is 0.140. The molecule has 2 rings (SSSR count). The highest BCUT2D eigenvalue weighted by atomic mass is 32.2. The van der Waals surface area contributed by atoms with Gasteiger partial charge in [0.15, 0.2) is 0 Å². The van der Waals surface area contributed by atoms with Crippen LogP contribution in [0, 0.1) is 13.8 Å². The van der Waals surface area contributed by atoms with Crippen molar-refractivity contribution >= 4 is 34.6 Å². The van der Waals surface area contributed by atoms with Gasteiger partial charge in [0.05, 0.1) is 19.8 Å². The molecule has 1 heterocycles. The number of benzene rings is 1. The molecule has 0 unspecified atom stereocenters. The van der Waals surface area contributed by atoms with E-state index >= 15 is 0 Å². The summed E-state index contributed by atoms with van der Waals surface area (Å²) in [4.78, 5) is 24.1. The van der Waals surface area contributed by atoms with E-state index in [9.17, 15) is 9.59 Å². The van der Waals surface area contributed by atoms with Crippen LogP contribution in [0.25, 0.3) is 11.0 Å². The minimum Gasteiger partial charge on any atom is -0.467 e. The molecule has 1 atom stereocenters. The van der Waals surface area contributed by atoms with Gasteiger partial charge in [-0.3, -0.25) is 4.79 Å². The van der Waals surface area contributed by atoms with Crippen molar-refractivity contribution < 1.29 is 18.7 Å². The molecule has 0 aliphatic heterocycles. The molecule has 1 aromatic carbocycles. The number of amides is 1. The molecule has 2 aromatic rings. The number of aryl methyl sites for hydroxylation is 2. The third kappa shape index (κ3) is 4.32. The third-order valence-electron chi connectivity index (χ3n) is 4.05. The molecule has 0 spiro atoms. The molecule has 24 heavy (non-hydrogen) atoms. The lowest BCUT2D eigenvalue weighted by atomic mass is 10.0. The van der Waals surface area contributed by atoms with Gasteiger partial charge in [0.25, 0.3) is 0 Å². The number of hydrogen-bond donors (Lipinski definition) is 1. The molecule has 0 radical (unpaired) electrons. The van der Waals surface area contributed by atoms with E-state index in [0.29, 0.717) is 6.42 Å². The standard InChI is InChI=1S/C18H23NO4S/c1-11-7-14-13(10-23-16(14)8-12(11)2)9-17(20)19-15(5-6-24-4)18(21)22-3/h7-8,10,15H,5-6,9H2,1-4H3,(H,19,20)/t15-/m1/s1. The SMILES string of the molecule is COC(=O)[C@@H](CCSC)NC(=O)Cc1coc2cc(C)c(C)cc12. The van der Waals surface area contributed by atoms with E-state index in [1.807, 2.05) is 32.2 Å². The second kappa shape index (κ2) is 8.24. The second-order valence-corrected chi connectivity index (χ2v) is 6.78. The predicted molar refractivity (Wildman–Crippen MR) is 96.3 cm³/mol. The van der Waals surface area contributed by atoms with Crippen molar-refractivity contribution in [1.29, 1.82) is 0 Å². The molecular weight excluding hydrogens is 326 g/mol. The summed E-state index contributed by atoms with van der Waals surface area (Å²) in [6, 6.07) is 3.39. The fraction of sp³-hybridized carbons (Fsp3) is 0.444. The van der Waals surface area contributed by atoms with E-state index in [-0.39, 0.29) is 12.3 Å². The molecule has 1 N–H and O–H groups in total. The van der Waals surface area contributed by atoms with Crippen LogP contribution in [0.5, 0.6) is 0 Å². The minimum atomic E-state index is -0.614. The van der Waals surface area contributed by atoms with Gasteiger partial charge in [-0.25, -0.2) is 4.79 Å². The highest BCUT2D eigenvalue weighted by Gasteiger charge is 2.22. The molecule has 130 valence electrons. The summed E-state index contributed by atoms with van der Waals surface area (Å²) >= 11 is 1.62. The number of methoxy groups -OCH3 is 1. The number of furan rings is 1. The molecule has 0 aliphatic rings. The fourth-order valence-corrected chi connectivity index (χ4v) is 2.99. The molecule has 1 amide bonds. The Morgan fingerprint density at radius 3 is 2.67 bits per heavy atom. The van der Waals surface area contributed by atoms with Crippen molar-refractivity contribution in [2.75, 3.05) is 19.1 Å². The van der Waals surface area contributed by atoms with E-state index in [0.717, 1.165) is 33.4 Å². The maximum atomic E-state index is 12.3. The van der Waals surface area contributed by atoms with Gasteiger partial charge in [0.1, 0.15) is 11.6 Å². The van der Waals surface area contributed by atoms with Crippen molar-refractivity contribution in [3.05, 3.63) is 35.1 Å². The van der Waals surface area contributed by atoms with Gasteiger partial charge in [-0.2, -0.15) is 11.8 Å². The first-order valence-electron chi connectivity index (χ1n) is 7.79. The molecular formula is C18H23NO4S. The lowest BCUT2D eigenvalue weighted by molar-refractivity contribution is -0.145. The molecule has 0 fully saturated rings. The summed E-state index contributed by atoms with van der Waals surface area (Å²) in [6.45, 7) is 4.05. The monoisotopic (exact) mass is 349 g/mol. The van der Waals surface area contributed by atoms with E-state index in [1.165, 1.54) is 7.11 Å². The van der Waals surface area contributed by atoms with Crippen LogP contribution in [0.3, 0.4) is 0 Å². The summed E-state index contributed by atoms with van der Waals surface area (Å²) in [5.41, 5.74) is 3.89. The van der Waals surface area contributed by atoms with E-state index in [2.05, 4.69) is 5.32 Å². The highest BCUT2D eigenvalue weighted by Crippen LogP contribution is 2.25. The Morgan fingerprint density at radius 1 is 1.29 bits per heavy atom. The maximum absolute atomic E-state index is 12.3. The van der Waals surface area contributed by atoms with E-state index < -0.39 is 12.0 Å². The topological polar surface area (TPSA) is 68.5 Å². The number of thioether (sulfide) groups is 1. The number of ether oxygens (including phenoxy) is 1. The number of nitrogens with one attached hydrogen (secondary N) is 1. The highest BCUT2D eigenvalue weighted by molar-refractivity contribution is 7.98. The number of carbonyl (C=O) groups is 2. The zero-order chi connectivity index (χ0) is 17.7. The Hall–Kier alpha value is -1.95. The number of hydrogen-bond acceptors (Lipinski definition) is 5. The van der Waals surface area contributed by atoms with Gasteiger partial charge in [0, 0.05) is 10.9 Å². The van der Waals surface area contributed by atoms with Gasteiger partial charge in [-0.1, -0.05) is 0 Å². The van der Waals surface area contributed by atoms with E-state index in [4.69, 9.17) is 9.15 Å². The Bertz CT molecular complexity index is 738. The number of carbonyl (C=O) groups excluding carboxylic acids is 2. The zero-order valence-corrected chi connectivity index (χ0v) is 15.3. The summed E-state index contributed by atoms with van der Waals surface area (Å²) in [7, 11) is 1.33. The normalized spacial score (nSPS) is 12.2. The summed E-state index contributed by atoms with van der Waals surface area (Å²) in [5, 5.41) is 3.70. The van der Waals surface area contributed by atoms with Gasteiger partial charge in [-0.05, 0) is 55.5 Å². The first-order valence-corrected chi connectivity index (χ1v) is 9.19. The van der Waals surface area contributed by atoms with Crippen molar-refractivity contribution in [3.8, 4) is 0 Å². The Morgan fingerprint density at radius 2 is 2.00 bits per heavy atom. The maximum Gasteiger partial charge on any atom is 0.328 e. The largest absolute Gasteiger partial charge is 0.467 e. The molecule has 0 saturated heterocycles. The average Bonchev–Trinajstić information content (AvgIpc) is 2.93. The molecule has 0 saturated carbocycles. The number of rotatable bonds is 7. The fourth-order valence-electron chi connectivity index (χ4n) is 2.52. The van der Waals surface area contributed by atoms with Crippen LogP contribution >= 0.6 is 11.8 Å². The van der Waals surface area contributed by atoms with Gasteiger partial charge in [-0.15, -0.1) is 0 Å². The molecule has 0 aliphatic carbocycles. The van der Waals surface area contributed by atoms with E-state index in [1.54, 1.807) is 18.0 Å². The second-order valence-electron chi connectivity index (χ2n) is 5.80. The van der Waals surface area contributed by atoms with Crippen molar-refractivity contribution in [3.63, 3.8) is 0 Å². The quantitative estimate of drug-likeness (QED) is 0.778. The minimum absolute atomic E-state index is 0.169. The lowest BCUT2D eigenvalue weighted by Crippen LogP contribution is -2.42. The van der Waals surface area contributed by atoms with Gasteiger partial charge in [0.2, 0.25) is 5.91 Å². The molecule has 0 bridgehead atoms.